The average Bonchev–Trinajstić information content (AvgIpc) is 2.76. The molecule has 0 saturated heterocycles. The van der Waals surface area contributed by atoms with Gasteiger partial charge in [0.25, 0.3) is 11.8 Å². The van der Waals surface area contributed by atoms with Gasteiger partial charge in [0.1, 0.15) is 5.75 Å². The van der Waals surface area contributed by atoms with Crippen LogP contribution in [0.4, 0.5) is 11.4 Å². The lowest BCUT2D eigenvalue weighted by molar-refractivity contribution is -0.122. The molecule has 2 amide bonds. The summed E-state index contributed by atoms with van der Waals surface area (Å²) in [5.41, 5.74) is 3.03. The Labute approximate surface area is 193 Å². The topological polar surface area (TPSA) is 67.4 Å². The molecule has 166 valence electrons. The molecule has 6 heteroatoms. The van der Waals surface area contributed by atoms with E-state index in [9.17, 15) is 9.59 Å². The number of rotatable bonds is 6. The van der Waals surface area contributed by atoms with E-state index in [0.29, 0.717) is 27.7 Å². The van der Waals surface area contributed by atoms with Crippen LogP contribution in [0.25, 0.3) is 0 Å². The number of nitrogens with one attached hydrogen (secondary N) is 2. The fraction of sp³-hybridized carbons (Fsp3) is 0.231. The number of benzene rings is 3. The number of anilines is 2. The van der Waals surface area contributed by atoms with Crippen LogP contribution in [0, 0.1) is 0 Å². The minimum Gasteiger partial charge on any atom is -0.481 e. The number of carbonyl (C=O) groups is 2. The summed E-state index contributed by atoms with van der Waals surface area (Å²) in [4.78, 5) is 24.9. The first-order valence-electron chi connectivity index (χ1n) is 10.4. The lowest BCUT2D eigenvalue weighted by Gasteiger charge is -2.19. The van der Waals surface area contributed by atoms with Gasteiger partial charge in [0.15, 0.2) is 6.10 Å². The third kappa shape index (κ3) is 6.34. The van der Waals surface area contributed by atoms with E-state index < -0.39 is 6.10 Å². The smallest absolute Gasteiger partial charge is 0.265 e. The number of hydrogen-bond donors (Lipinski definition) is 2. The van der Waals surface area contributed by atoms with Crippen LogP contribution in [0.5, 0.6) is 5.75 Å². The Kier molecular flexibility index (Phi) is 7.21. The summed E-state index contributed by atoms with van der Waals surface area (Å²) in [6.07, 6.45) is -0.688. The third-order valence-corrected chi connectivity index (χ3v) is 5.17. The van der Waals surface area contributed by atoms with Gasteiger partial charge in [-0.25, -0.2) is 0 Å². The summed E-state index contributed by atoms with van der Waals surface area (Å²) in [5.74, 6) is 0.0912. The molecule has 3 rings (SSSR count). The summed E-state index contributed by atoms with van der Waals surface area (Å²) >= 11 is 5.86. The Bertz CT molecular complexity index is 1070. The molecule has 0 aromatic heterocycles. The van der Waals surface area contributed by atoms with E-state index >= 15 is 0 Å². The SMILES string of the molecule is CC(Oc1ccc(Cl)cc1)C(=O)Nc1ccc(NC(=O)c2ccc(C(C)(C)C)cc2)cc1. The van der Waals surface area contributed by atoms with Gasteiger partial charge in [0, 0.05) is 22.0 Å². The minimum atomic E-state index is -0.688. The summed E-state index contributed by atoms with van der Waals surface area (Å²) in [6.45, 7) is 8.07. The quantitative estimate of drug-likeness (QED) is 0.463. The number of carbonyl (C=O) groups excluding carboxylic acids is 2. The van der Waals surface area contributed by atoms with Crippen LogP contribution in [-0.2, 0) is 10.2 Å². The predicted octanol–water partition coefficient (Wildman–Crippen LogP) is 6.30. The van der Waals surface area contributed by atoms with Crippen LogP contribution in [-0.4, -0.2) is 17.9 Å². The largest absolute Gasteiger partial charge is 0.481 e. The van der Waals surface area contributed by atoms with Crippen LogP contribution in [0.3, 0.4) is 0 Å². The number of ether oxygens (including phenoxy) is 1. The zero-order valence-electron chi connectivity index (χ0n) is 18.6. The molecule has 0 radical (unpaired) electrons. The molecular weight excluding hydrogens is 424 g/mol. The zero-order chi connectivity index (χ0) is 23.3. The highest BCUT2D eigenvalue weighted by atomic mass is 35.5. The first kappa shape index (κ1) is 23.4. The van der Waals surface area contributed by atoms with E-state index in [1.54, 1.807) is 55.5 Å². The minimum absolute atomic E-state index is 0.0344. The van der Waals surface area contributed by atoms with Gasteiger partial charge in [-0.2, -0.15) is 0 Å². The molecule has 0 aliphatic carbocycles. The maximum Gasteiger partial charge on any atom is 0.265 e. The molecule has 0 heterocycles. The molecule has 32 heavy (non-hydrogen) atoms. The molecule has 1 unspecified atom stereocenters. The highest BCUT2D eigenvalue weighted by molar-refractivity contribution is 6.30. The number of halogens is 1. The number of amides is 2. The lowest BCUT2D eigenvalue weighted by atomic mass is 9.87. The van der Waals surface area contributed by atoms with Crippen molar-refractivity contribution in [2.24, 2.45) is 0 Å². The van der Waals surface area contributed by atoms with Crippen molar-refractivity contribution in [1.29, 1.82) is 0 Å². The fourth-order valence-electron chi connectivity index (χ4n) is 2.98. The van der Waals surface area contributed by atoms with Crippen LogP contribution < -0.4 is 15.4 Å². The van der Waals surface area contributed by atoms with Crippen molar-refractivity contribution in [2.45, 2.75) is 39.2 Å². The molecule has 0 aliphatic heterocycles. The van der Waals surface area contributed by atoms with Crippen LogP contribution >= 0.6 is 11.6 Å². The Hall–Kier alpha value is -3.31. The van der Waals surface area contributed by atoms with Crippen molar-refractivity contribution < 1.29 is 14.3 Å². The maximum atomic E-state index is 12.5. The summed E-state index contributed by atoms with van der Waals surface area (Å²) < 4.78 is 5.63. The highest BCUT2D eigenvalue weighted by Crippen LogP contribution is 2.23. The standard InChI is InChI=1S/C26H27ClN2O3/c1-17(32-23-15-9-20(27)10-16-23)24(30)28-21-11-13-22(14-12-21)29-25(31)18-5-7-19(8-6-18)26(2,3)4/h5-17H,1-4H3,(H,28,30)(H,29,31). The van der Waals surface area contributed by atoms with Crippen molar-refractivity contribution in [2.75, 3.05) is 10.6 Å². The fourth-order valence-corrected chi connectivity index (χ4v) is 3.10. The molecule has 0 saturated carbocycles. The second kappa shape index (κ2) is 9.88. The van der Waals surface area contributed by atoms with Crippen molar-refractivity contribution in [3.63, 3.8) is 0 Å². The van der Waals surface area contributed by atoms with Gasteiger partial charge in [0.05, 0.1) is 0 Å². The molecule has 0 spiro atoms. The van der Waals surface area contributed by atoms with E-state index in [-0.39, 0.29) is 17.2 Å². The van der Waals surface area contributed by atoms with E-state index in [2.05, 4.69) is 31.4 Å². The monoisotopic (exact) mass is 450 g/mol. The third-order valence-electron chi connectivity index (χ3n) is 4.92. The Balaban J connectivity index is 1.55. The van der Waals surface area contributed by atoms with E-state index in [4.69, 9.17) is 16.3 Å². The molecule has 5 nitrogen and oxygen atoms in total. The van der Waals surface area contributed by atoms with Crippen molar-refractivity contribution in [3.05, 3.63) is 88.9 Å². The first-order chi connectivity index (χ1) is 15.1. The first-order valence-corrected chi connectivity index (χ1v) is 10.7. The molecule has 0 fully saturated rings. The Morgan fingerprint density at radius 2 is 1.34 bits per heavy atom. The van der Waals surface area contributed by atoms with Gasteiger partial charge in [-0.05, 0) is 78.6 Å². The number of hydrogen-bond acceptors (Lipinski definition) is 3. The molecule has 3 aromatic rings. The second-order valence-electron chi connectivity index (χ2n) is 8.56. The predicted molar refractivity (Wildman–Crippen MR) is 130 cm³/mol. The normalized spacial score (nSPS) is 12.0. The zero-order valence-corrected chi connectivity index (χ0v) is 19.4. The van der Waals surface area contributed by atoms with Crippen molar-refractivity contribution >= 4 is 34.8 Å². The van der Waals surface area contributed by atoms with Gasteiger partial charge in [-0.3, -0.25) is 9.59 Å². The molecule has 0 aliphatic rings. The van der Waals surface area contributed by atoms with Crippen molar-refractivity contribution in [1.82, 2.24) is 0 Å². The van der Waals surface area contributed by atoms with Gasteiger partial charge < -0.3 is 15.4 Å². The summed E-state index contributed by atoms with van der Waals surface area (Å²) in [6, 6.07) is 21.3. The summed E-state index contributed by atoms with van der Waals surface area (Å²) in [7, 11) is 0. The Morgan fingerprint density at radius 3 is 1.88 bits per heavy atom. The second-order valence-corrected chi connectivity index (χ2v) is 9.00. The van der Waals surface area contributed by atoms with Gasteiger partial charge in [-0.1, -0.05) is 44.5 Å². The van der Waals surface area contributed by atoms with Gasteiger partial charge >= 0.3 is 0 Å². The van der Waals surface area contributed by atoms with E-state index in [0.717, 1.165) is 0 Å². The van der Waals surface area contributed by atoms with Crippen molar-refractivity contribution in [3.8, 4) is 5.75 Å². The summed E-state index contributed by atoms with van der Waals surface area (Å²) in [5, 5.41) is 6.27. The van der Waals surface area contributed by atoms with Crippen LogP contribution in [0.15, 0.2) is 72.8 Å². The van der Waals surface area contributed by atoms with Gasteiger partial charge in [0.2, 0.25) is 0 Å². The molecule has 2 N–H and O–H groups in total. The molecule has 0 bridgehead atoms. The van der Waals surface area contributed by atoms with E-state index in [1.165, 1.54) is 5.56 Å². The van der Waals surface area contributed by atoms with Crippen LogP contribution in [0.1, 0.15) is 43.6 Å². The average molecular weight is 451 g/mol. The van der Waals surface area contributed by atoms with E-state index in [1.807, 2.05) is 24.3 Å². The molecule has 1 atom stereocenters. The van der Waals surface area contributed by atoms with Gasteiger partial charge in [-0.15, -0.1) is 0 Å². The molecule has 3 aromatic carbocycles. The molecular formula is C26H27ClN2O3. The highest BCUT2D eigenvalue weighted by Gasteiger charge is 2.16. The Morgan fingerprint density at radius 1 is 0.812 bits per heavy atom. The lowest BCUT2D eigenvalue weighted by Crippen LogP contribution is -2.30. The maximum absolute atomic E-state index is 12.5. The van der Waals surface area contributed by atoms with Crippen LogP contribution in [0.2, 0.25) is 5.02 Å².